The van der Waals surface area contributed by atoms with Crippen molar-refractivity contribution in [3.8, 4) is 33.4 Å². The topological polar surface area (TPSA) is 0 Å². The highest BCUT2D eigenvalue weighted by atomic mass is 35.6. The Bertz CT molecular complexity index is 1610. The lowest BCUT2D eigenvalue weighted by Gasteiger charge is -2.28. The summed E-state index contributed by atoms with van der Waals surface area (Å²) in [5.74, 6) is -1.42. The second-order valence-corrected chi connectivity index (χ2v) is 14.7. The van der Waals surface area contributed by atoms with Gasteiger partial charge in [-0.25, -0.2) is 13.2 Å². The third-order valence-corrected chi connectivity index (χ3v) is 12.4. The molecule has 0 spiro atoms. The Kier molecular flexibility index (Phi) is 7.35. The first-order valence-corrected chi connectivity index (χ1v) is 16.2. The largest absolute Gasteiger partial charge is 0.248 e. The zero-order valence-corrected chi connectivity index (χ0v) is 23.6. The van der Waals surface area contributed by atoms with Gasteiger partial charge in [-0.3, -0.25) is 0 Å². The van der Waals surface area contributed by atoms with Crippen LogP contribution in [0.1, 0.15) is 0 Å². The van der Waals surface area contributed by atoms with Gasteiger partial charge >= 0.3 is 0 Å². The van der Waals surface area contributed by atoms with E-state index in [1.807, 2.05) is 109 Å². The molecule has 5 heteroatoms. The molecule has 0 unspecified atom stereocenters. The van der Waals surface area contributed by atoms with Crippen molar-refractivity contribution in [1.82, 2.24) is 0 Å². The van der Waals surface area contributed by atoms with Gasteiger partial charge in [0.1, 0.15) is 17.5 Å². The summed E-state index contributed by atoms with van der Waals surface area (Å²) in [6.45, 7) is 0. The molecule has 0 aliphatic carbocycles. The second-order valence-electron chi connectivity index (χ2n) is 9.94. The molecule has 0 aliphatic heterocycles. The van der Waals surface area contributed by atoms with Gasteiger partial charge in [0.05, 0.1) is 0 Å². The van der Waals surface area contributed by atoms with Gasteiger partial charge in [0.25, 0.3) is 0 Å². The summed E-state index contributed by atoms with van der Waals surface area (Å²) in [5.41, 5.74) is 4.35. The highest BCUT2D eigenvalue weighted by Crippen LogP contribution is 2.27. The Morgan fingerprint density at radius 1 is 0.341 bits per heavy atom. The molecule has 0 atom stereocenters. The smallest absolute Gasteiger partial charge is 0.207 e. The van der Waals surface area contributed by atoms with Gasteiger partial charge < -0.3 is 0 Å². The van der Waals surface area contributed by atoms with E-state index in [9.17, 15) is 0 Å². The highest BCUT2D eigenvalue weighted by Gasteiger charge is 2.40. The van der Waals surface area contributed by atoms with Gasteiger partial charge in [-0.15, -0.1) is 11.1 Å². The Hall–Kier alpha value is -4.38. The van der Waals surface area contributed by atoms with Crippen molar-refractivity contribution in [2.45, 2.75) is 0 Å². The fourth-order valence-corrected chi connectivity index (χ4v) is 9.31. The molecule has 6 rings (SSSR count). The number of hydrogen-bond acceptors (Lipinski definition) is 0. The second kappa shape index (κ2) is 11.2. The maximum absolute atomic E-state index is 15.3. The Labute approximate surface area is 243 Å². The van der Waals surface area contributed by atoms with Crippen molar-refractivity contribution in [3.63, 3.8) is 0 Å². The van der Waals surface area contributed by atoms with Crippen LogP contribution in [0.5, 0.6) is 0 Å². The van der Waals surface area contributed by atoms with Crippen LogP contribution in [0.15, 0.2) is 146 Å². The summed E-state index contributed by atoms with van der Waals surface area (Å²) in [4.78, 5) is 0. The Morgan fingerprint density at radius 2 is 0.610 bits per heavy atom. The highest BCUT2D eigenvalue weighted by molar-refractivity contribution is 7.40. The van der Waals surface area contributed by atoms with Gasteiger partial charge in [0, 0.05) is 0 Å². The summed E-state index contributed by atoms with van der Waals surface area (Å²) in [5, 5.41) is 1.48. The quantitative estimate of drug-likeness (QED) is 0.106. The van der Waals surface area contributed by atoms with Crippen LogP contribution in [-0.2, 0) is 0 Å². The van der Waals surface area contributed by atoms with Crippen LogP contribution in [0.4, 0.5) is 13.2 Å². The number of benzene rings is 6. The standard InChI is InChI=1S/C36H24ClF3Si/c37-41(34-19-28(16-31(38)22-34)25-10-4-1-5-11-25,35-20-29(17-32(39)23-35)26-12-6-2-7-13-26)36-21-30(18-33(40)24-36)27-14-8-3-9-15-27/h1-24H. The zero-order valence-electron chi connectivity index (χ0n) is 21.9. The van der Waals surface area contributed by atoms with E-state index in [4.69, 9.17) is 11.1 Å². The SMILES string of the molecule is Fc1cc(-c2ccccc2)cc([Si](Cl)(c2cc(F)cc(-c3ccccc3)c2)c2cc(F)cc(-c3ccccc3)c2)c1. The average molecular weight is 577 g/mol. The van der Waals surface area contributed by atoms with Gasteiger partial charge in [-0.2, -0.15) is 0 Å². The van der Waals surface area contributed by atoms with Crippen molar-refractivity contribution in [2.75, 3.05) is 0 Å². The molecule has 0 bridgehead atoms. The van der Waals surface area contributed by atoms with Crippen LogP contribution in [0, 0.1) is 17.5 Å². The number of halogens is 4. The molecule has 6 aromatic carbocycles. The van der Waals surface area contributed by atoms with E-state index in [1.165, 1.54) is 36.4 Å². The van der Waals surface area contributed by atoms with Gasteiger partial charge in [0.2, 0.25) is 7.38 Å². The van der Waals surface area contributed by atoms with Crippen LogP contribution < -0.4 is 15.6 Å². The molecule has 0 nitrogen and oxygen atoms in total. The van der Waals surface area contributed by atoms with Crippen LogP contribution in [0.2, 0.25) is 0 Å². The first-order chi connectivity index (χ1) is 19.9. The lowest BCUT2D eigenvalue weighted by molar-refractivity contribution is 0.629. The van der Waals surface area contributed by atoms with Gasteiger partial charge in [-0.1, -0.05) is 109 Å². The molecule has 200 valence electrons. The molecular formula is C36H24ClF3Si. The molecule has 6 aromatic rings. The molecular weight excluding hydrogens is 553 g/mol. The zero-order chi connectivity index (χ0) is 28.4. The van der Waals surface area contributed by atoms with E-state index in [0.29, 0.717) is 32.3 Å². The molecule has 0 saturated heterocycles. The monoisotopic (exact) mass is 576 g/mol. The van der Waals surface area contributed by atoms with Crippen LogP contribution >= 0.6 is 11.1 Å². The normalized spacial score (nSPS) is 11.4. The molecule has 0 amide bonds. The lowest BCUT2D eigenvalue weighted by Crippen LogP contribution is -2.63. The predicted molar refractivity (Wildman–Crippen MR) is 166 cm³/mol. The molecule has 0 saturated carbocycles. The molecule has 0 N–H and O–H groups in total. The maximum atomic E-state index is 15.3. The van der Waals surface area contributed by atoms with Crippen molar-refractivity contribution in [1.29, 1.82) is 0 Å². The molecule has 41 heavy (non-hydrogen) atoms. The number of rotatable bonds is 6. The maximum Gasteiger partial charge on any atom is 0.248 e. The van der Waals surface area contributed by atoms with E-state index in [-0.39, 0.29) is 0 Å². The van der Waals surface area contributed by atoms with Crippen LogP contribution in [0.25, 0.3) is 33.4 Å². The summed E-state index contributed by atoms with van der Waals surface area (Å²) in [7, 11) is -3.71. The summed E-state index contributed by atoms with van der Waals surface area (Å²) in [6.07, 6.45) is 0. The van der Waals surface area contributed by atoms with E-state index >= 15 is 13.2 Å². The minimum Gasteiger partial charge on any atom is -0.207 e. The number of hydrogen-bond donors (Lipinski definition) is 0. The molecule has 0 fully saturated rings. The predicted octanol–water partition coefficient (Wildman–Crippen LogP) is 8.31. The Balaban J connectivity index is 1.63. The minimum atomic E-state index is -3.71. The van der Waals surface area contributed by atoms with Gasteiger partial charge in [-0.05, 0) is 85.3 Å². The fraction of sp³-hybridized carbons (Fsp3) is 0. The summed E-state index contributed by atoms with van der Waals surface area (Å²) < 4.78 is 46.0. The lowest BCUT2D eigenvalue weighted by atomic mass is 10.1. The average Bonchev–Trinajstić information content (AvgIpc) is 3.01. The van der Waals surface area contributed by atoms with E-state index in [0.717, 1.165) is 16.7 Å². The van der Waals surface area contributed by atoms with Crippen molar-refractivity contribution in [3.05, 3.63) is 163 Å². The third-order valence-electron chi connectivity index (χ3n) is 7.21. The summed E-state index contributed by atoms with van der Waals surface area (Å²) in [6, 6.07) is 42.3. The third kappa shape index (κ3) is 5.49. The molecule has 0 radical (unpaired) electrons. The van der Waals surface area contributed by atoms with E-state index in [2.05, 4.69) is 0 Å². The van der Waals surface area contributed by atoms with Gasteiger partial charge in [0.15, 0.2) is 0 Å². The van der Waals surface area contributed by atoms with Crippen molar-refractivity contribution < 1.29 is 13.2 Å². The van der Waals surface area contributed by atoms with E-state index in [1.54, 1.807) is 0 Å². The molecule has 0 heterocycles. The molecule has 0 aliphatic rings. The first-order valence-electron chi connectivity index (χ1n) is 13.2. The Morgan fingerprint density at radius 3 is 0.878 bits per heavy atom. The van der Waals surface area contributed by atoms with Crippen molar-refractivity contribution >= 4 is 34.0 Å². The van der Waals surface area contributed by atoms with E-state index < -0.39 is 24.8 Å². The van der Waals surface area contributed by atoms with Crippen LogP contribution in [0.3, 0.4) is 0 Å². The first kappa shape index (κ1) is 26.8. The summed E-state index contributed by atoms with van der Waals surface area (Å²) >= 11 is 7.75. The van der Waals surface area contributed by atoms with Crippen molar-refractivity contribution in [2.24, 2.45) is 0 Å². The minimum absolute atomic E-state index is 0.474. The fourth-order valence-electron chi connectivity index (χ4n) is 5.26. The van der Waals surface area contributed by atoms with Crippen LogP contribution in [-0.4, -0.2) is 7.38 Å². The molecule has 0 aromatic heterocycles.